The second-order valence-electron chi connectivity index (χ2n) is 9.13. The summed E-state index contributed by atoms with van der Waals surface area (Å²) in [6.45, 7) is 5.62. The Hall–Kier alpha value is -4.05. The number of rotatable bonds is 13. The summed E-state index contributed by atoms with van der Waals surface area (Å²) in [4.78, 5) is 28.5. The number of hydrogen-bond acceptors (Lipinski definition) is 6. The first kappa shape index (κ1) is 30.5. The number of anilines is 1. The zero-order valence-corrected chi connectivity index (χ0v) is 24.4. The lowest BCUT2D eigenvalue weighted by atomic mass is 10.1. The highest BCUT2D eigenvalue weighted by Gasteiger charge is 2.34. The molecule has 0 spiro atoms. The van der Waals surface area contributed by atoms with Crippen molar-refractivity contribution in [3.8, 4) is 11.5 Å². The maximum atomic E-state index is 14.0. The van der Waals surface area contributed by atoms with Gasteiger partial charge < -0.3 is 19.7 Å². The molecule has 0 heterocycles. The molecule has 0 aliphatic carbocycles. The topological polar surface area (TPSA) is 105 Å². The lowest BCUT2D eigenvalue weighted by molar-refractivity contribution is -0.140. The van der Waals surface area contributed by atoms with Gasteiger partial charge in [0.1, 0.15) is 12.6 Å². The molecule has 0 bridgehead atoms. The number of ether oxygens (including phenoxy) is 2. The number of hydrogen-bond donors (Lipinski definition) is 1. The second kappa shape index (κ2) is 13.8. The summed E-state index contributed by atoms with van der Waals surface area (Å²) in [5, 5.41) is 2.81. The van der Waals surface area contributed by atoms with Crippen LogP contribution in [0.15, 0.2) is 77.7 Å². The van der Waals surface area contributed by atoms with Crippen LogP contribution in [-0.4, -0.2) is 58.5 Å². The van der Waals surface area contributed by atoms with Crippen molar-refractivity contribution >= 4 is 27.5 Å². The van der Waals surface area contributed by atoms with Gasteiger partial charge in [0, 0.05) is 19.2 Å². The summed E-state index contributed by atoms with van der Waals surface area (Å²) in [5.41, 5.74) is 2.14. The minimum atomic E-state index is -4.23. The summed E-state index contributed by atoms with van der Waals surface area (Å²) in [6.07, 6.45) is 0.358. The highest BCUT2D eigenvalue weighted by Crippen LogP contribution is 2.32. The van der Waals surface area contributed by atoms with E-state index in [0.717, 1.165) is 15.4 Å². The number of nitrogens with one attached hydrogen (secondary N) is 1. The fourth-order valence-electron chi connectivity index (χ4n) is 4.41. The van der Waals surface area contributed by atoms with Gasteiger partial charge in [-0.25, -0.2) is 8.42 Å². The molecule has 0 radical (unpaired) electrons. The molecule has 0 aliphatic heterocycles. The molecule has 40 heavy (non-hydrogen) atoms. The van der Waals surface area contributed by atoms with E-state index in [1.807, 2.05) is 45.0 Å². The first-order valence-electron chi connectivity index (χ1n) is 13.1. The van der Waals surface area contributed by atoms with Crippen LogP contribution in [0.25, 0.3) is 0 Å². The Labute approximate surface area is 236 Å². The summed E-state index contributed by atoms with van der Waals surface area (Å²) in [7, 11) is -1.35. The van der Waals surface area contributed by atoms with Crippen LogP contribution in [-0.2, 0) is 26.2 Å². The van der Waals surface area contributed by atoms with E-state index in [1.54, 1.807) is 30.3 Å². The monoisotopic (exact) mass is 567 g/mol. The summed E-state index contributed by atoms with van der Waals surface area (Å²) in [5.74, 6) is -0.178. The molecule has 0 aliphatic rings. The van der Waals surface area contributed by atoms with E-state index in [2.05, 4.69) is 5.32 Å². The van der Waals surface area contributed by atoms with Crippen LogP contribution in [0.5, 0.6) is 11.5 Å². The summed E-state index contributed by atoms with van der Waals surface area (Å²) in [6, 6.07) is 19.5. The number of amides is 2. The minimum absolute atomic E-state index is 0.0666. The highest BCUT2D eigenvalue weighted by molar-refractivity contribution is 7.92. The normalized spacial score (nSPS) is 11.8. The maximum absolute atomic E-state index is 14.0. The van der Waals surface area contributed by atoms with Crippen molar-refractivity contribution < 1.29 is 27.5 Å². The molecule has 0 unspecified atom stereocenters. The van der Waals surface area contributed by atoms with Crippen molar-refractivity contribution in [3.05, 3.63) is 83.9 Å². The molecular formula is C30H37N3O6S. The van der Waals surface area contributed by atoms with Gasteiger partial charge in [-0.2, -0.15) is 0 Å². The Morgan fingerprint density at radius 2 is 1.55 bits per heavy atom. The summed E-state index contributed by atoms with van der Waals surface area (Å²) >= 11 is 0. The van der Waals surface area contributed by atoms with E-state index in [9.17, 15) is 18.0 Å². The average molecular weight is 568 g/mol. The molecule has 3 aromatic carbocycles. The molecule has 214 valence electrons. The van der Waals surface area contributed by atoms with E-state index < -0.39 is 28.5 Å². The lowest BCUT2D eigenvalue weighted by Gasteiger charge is -2.33. The van der Waals surface area contributed by atoms with E-state index in [0.29, 0.717) is 24.4 Å². The Bertz CT molecular complexity index is 1410. The molecule has 3 rings (SSSR count). The third kappa shape index (κ3) is 6.93. The van der Waals surface area contributed by atoms with Gasteiger partial charge >= 0.3 is 0 Å². The van der Waals surface area contributed by atoms with Gasteiger partial charge in [0.2, 0.25) is 11.8 Å². The first-order chi connectivity index (χ1) is 19.2. The third-order valence-electron chi connectivity index (χ3n) is 6.60. The number of likely N-dealkylation sites (N-methyl/N-ethyl adjacent to an activating group) is 1. The highest BCUT2D eigenvalue weighted by atomic mass is 32.2. The second-order valence-corrected chi connectivity index (χ2v) is 11.0. The van der Waals surface area contributed by atoms with Crippen LogP contribution in [0.1, 0.15) is 31.4 Å². The Morgan fingerprint density at radius 1 is 0.900 bits per heavy atom. The van der Waals surface area contributed by atoms with Crippen molar-refractivity contribution in [1.29, 1.82) is 0 Å². The zero-order chi connectivity index (χ0) is 29.3. The van der Waals surface area contributed by atoms with E-state index >= 15 is 0 Å². The smallest absolute Gasteiger partial charge is 0.264 e. The van der Waals surface area contributed by atoms with Gasteiger partial charge in [0.15, 0.2) is 11.5 Å². The summed E-state index contributed by atoms with van der Waals surface area (Å²) < 4.78 is 39.7. The lowest BCUT2D eigenvalue weighted by Crippen LogP contribution is -2.52. The molecule has 0 saturated heterocycles. The molecule has 3 aromatic rings. The molecule has 0 fully saturated rings. The minimum Gasteiger partial charge on any atom is -0.493 e. The number of carbonyl (C=O) groups excluding carboxylic acids is 2. The quantitative estimate of drug-likeness (QED) is 0.333. The number of para-hydroxylation sites is 1. The molecule has 1 N–H and O–H groups in total. The largest absolute Gasteiger partial charge is 0.493 e. The van der Waals surface area contributed by atoms with Crippen molar-refractivity contribution in [2.45, 2.75) is 44.7 Å². The third-order valence-corrected chi connectivity index (χ3v) is 8.37. The van der Waals surface area contributed by atoms with Gasteiger partial charge in [-0.15, -0.1) is 0 Å². The van der Waals surface area contributed by atoms with Gasteiger partial charge in [0.25, 0.3) is 10.0 Å². The number of sulfonamides is 1. The Balaban J connectivity index is 2.08. The fraction of sp³-hybridized carbons (Fsp3) is 0.333. The van der Waals surface area contributed by atoms with Crippen LogP contribution < -0.4 is 19.1 Å². The fourth-order valence-corrected chi connectivity index (χ4v) is 5.84. The SMILES string of the molecule is CCNC(=O)[C@H](CC)N(Cc1ccccc1C)C(=O)CN(c1ccccc1)S(=O)(=O)c1ccc(OC)c(OC)c1. The number of carbonyl (C=O) groups is 2. The van der Waals surface area contributed by atoms with E-state index in [-0.39, 0.29) is 23.1 Å². The molecule has 0 aromatic heterocycles. The average Bonchev–Trinajstić information content (AvgIpc) is 2.96. The van der Waals surface area contributed by atoms with Crippen LogP contribution in [0.3, 0.4) is 0 Å². The molecule has 1 atom stereocenters. The van der Waals surface area contributed by atoms with Crippen LogP contribution in [0.4, 0.5) is 5.69 Å². The van der Waals surface area contributed by atoms with Crippen LogP contribution in [0.2, 0.25) is 0 Å². The molecule has 10 heteroatoms. The molecule has 9 nitrogen and oxygen atoms in total. The number of aryl methyl sites for hydroxylation is 1. The predicted molar refractivity (Wildman–Crippen MR) is 155 cm³/mol. The molecule has 2 amide bonds. The maximum Gasteiger partial charge on any atom is 0.264 e. The van der Waals surface area contributed by atoms with Crippen molar-refractivity contribution in [2.24, 2.45) is 0 Å². The molecule has 0 saturated carbocycles. The predicted octanol–water partition coefficient (Wildman–Crippen LogP) is 4.15. The standard InChI is InChI=1S/C30H37N3O6S/c1-6-26(30(35)31-7-2)32(20-23-14-12-11-13-22(23)3)29(34)21-33(24-15-9-8-10-16-24)40(36,37)25-17-18-27(38-4)28(19-25)39-5/h8-19,26H,6-7,20-21H2,1-5H3,(H,31,35)/t26-/m0/s1. The number of benzene rings is 3. The van der Waals surface area contributed by atoms with Gasteiger partial charge in [0.05, 0.1) is 24.8 Å². The van der Waals surface area contributed by atoms with Gasteiger partial charge in [-0.05, 0) is 55.7 Å². The zero-order valence-electron chi connectivity index (χ0n) is 23.6. The van der Waals surface area contributed by atoms with Gasteiger partial charge in [-0.3, -0.25) is 13.9 Å². The van der Waals surface area contributed by atoms with Crippen LogP contribution in [0, 0.1) is 6.92 Å². The van der Waals surface area contributed by atoms with Gasteiger partial charge in [-0.1, -0.05) is 49.4 Å². The van der Waals surface area contributed by atoms with Crippen molar-refractivity contribution in [1.82, 2.24) is 10.2 Å². The van der Waals surface area contributed by atoms with Crippen LogP contribution >= 0.6 is 0 Å². The van der Waals surface area contributed by atoms with E-state index in [1.165, 1.54) is 37.3 Å². The first-order valence-corrected chi connectivity index (χ1v) is 14.5. The Morgan fingerprint density at radius 3 is 2.15 bits per heavy atom. The number of methoxy groups -OCH3 is 2. The van der Waals surface area contributed by atoms with E-state index in [4.69, 9.17) is 9.47 Å². The van der Waals surface area contributed by atoms with Crippen molar-refractivity contribution in [2.75, 3.05) is 31.6 Å². The number of nitrogens with zero attached hydrogens (tertiary/aromatic N) is 2. The molecular weight excluding hydrogens is 530 g/mol. The Kier molecular flexibility index (Phi) is 10.6. The van der Waals surface area contributed by atoms with Crippen molar-refractivity contribution in [3.63, 3.8) is 0 Å².